The van der Waals surface area contributed by atoms with Crippen LogP contribution in [0.25, 0.3) is 10.8 Å². The maximum atomic E-state index is 12.6. The quantitative estimate of drug-likeness (QED) is 0.874. The Bertz CT molecular complexity index is 791. The molecule has 1 aromatic carbocycles. The molecule has 2 heterocycles. The van der Waals surface area contributed by atoms with Crippen LogP contribution >= 0.6 is 0 Å². The minimum absolute atomic E-state index is 0.0766. The number of hydrogen-bond donors (Lipinski definition) is 0. The van der Waals surface area contributed by atoms with E-state index >= 15 is 0 Å². The molecule has 1 atom stereocenters. The third-order valence-electron chi connectivity index (χ3n) is 5.29. The number of fused-ring (bicyclic) bond motifs is 1. The molecule has 1 aliphatic heterocycles. The maximum absolute atomic E-state index is 12.6. The first kappa shape index (κ1) is 14.5. The Hall–Kier alpha value is -2.10. The van der Waals surface area contributed by atoms with E-state index < -0.39 is 0 Å². The van der Waals surface area contributed by atoms with Crippen molar-refractivity contribution >= 4 is 16.7 Å². The van der Waals surface area contributed by atoms with E-state index in [0.29, 0.717) is 11.3 Å². The molecule has 0 unspecified atom stereocenters. The first-order valence-corrected chi connectivity index (χ1v) is 8.58. The lowest BCUT2D eigenvalue weighted by molar-refractivity contribution is -0.133. The summed E-state index contributed by atoms with van der Waals surface area (Å²) in [5, 5.41) is 1.60. The molecule has 1 saturated heterocycles. The van der Waals surface area contributed by atoms with E-state index in [1.54, 1.807) is 10.8 Å². The molecular weight excluding hydrogens is 288 g/mol. The van der Waals surface area contributed by atoms with Gasteiger partial charge in [0.2, 0.25) is 5.91 Å². The average molecular weight is 310 g/mol. The average Bonchev–Trinajstić information content (AvgIpc) is 3.43. The third-order valence-corrected chi connectivity index (χ3v) is 5.29. The highest BCUT2D eigenvalue weighted by Gasteiger charge is 2.35. The van der Waals surface area contributed by atoms with Crippen molar-refractivity contribution in [3.05, 3.63) is 46.9 Å². The van der Waals surface area contributed by atoms with E-state index in [1.165, 1.54) is 19.3 Å². The number of carbonyl (C=O) groups is 1. The van der Waals surface area contributed by atoms with Crippen LogP contribution in [0.2, 0.25) is 0 Å². The second kappa shape index (κ2) is 5.84. The standard InChI is InChI=1S/C19H22N2O2/c22-18(20-10-3-5-16(12-20)14-7-8-14)13-21-11-9-15-4-1-2-6-17(15)19(21)23/h1-2,4,6,9,11,14,16H,3,5,7-8,10,12-13H2/t16-/m0/s1. The van der Waals surface area contributed by atoms with Gasteiger partial charge < -0.3 is 9.47 Å². The predicted molar refractivity (Wildman–Crippen MR) is 90.2 cm³/mol. The Labute approximate surface area is 135 Å². The first-order valence-electron chi connectivity index (χ1n) is 8.58. The Morgan fingerprint density at radius 1 is 1.09 bits per heavy atom. The molecule has 0 spiro atoms. The Balaban J connectivity index is 1.52. The van der Waals surface area contributed by atoms with E-state index in [1.807, 2.05) is 35.2 Å². The number of benzene rings is 1. The fourth-order valence-corrected chi connectivity index (χ4v) is 3.79. The molecule has 120 valence electrons. The van der Waals surface area contributed by atoms with Crippen molar-refractivity contribution in [2.24, 2.45) is 11.8 Å². The Morgan fingerprint density at radius 2 is 1.91 bits per heavy atom. The fourth-order valence-electron chi connectivity index (χ4n) is 3.79. The lowest BCUT2D eigenvalue weighted by Crippen LogP contribution is -2.43. The minimum Gasteiger partial charge on any atom is -0.341 e. The second-order valence-electron chi connectivity index (χ2n) is 6.92. The summed E-state index contributed by atoms with van der Waals surface area (Å²) in [5.74, 6) is 1.60. The second-order valence-corrected chi connectivity index (χ2v) is 6.92. The Kier molecular flexibility index (Phi) is 3.68. The number of carbonyl (C=O) groups excluding carboxylic acids is 1. The number of amides is 1. The summed E-state index contributed by atoms with van der Waals surface area (Å²) in [6.45, 7) is 1.87. The van der Waals surface area contributed by atoms with Gasteiger partial charge in [0.15, 0.2) is 0 Å². The fraction of sp³-hybridized carbons (Fsp3) is 0.474. The number of hydrogen-bond acceptors (Lipinski definition) is 2. The van der Waals surface area contributed by atoms with Crippen LogP contribution in [0.3, 0.4) is 0 Å². The third kappa shape index (κ3) is 2.90. The molecule has 2 aliphatic rings. The van der Waals surface area contributed by atoms with Gasteiger partial charge in [0.1, 0.15) is 6.54 Å². The van der Waals surface area contributed by atoms with Crippen LogP contribution in [0, 0.1) is 11.8 Å². The highest BCUT2D eigenvalue weighted by atomic mass is 16.2. The Morgan fingerprint density at radius 3 is 2.74 bits per heavy atom. The van der Waals surface area contributed by atoms with E-state index in [9.17, 15) is 9.59 Å². The van der Waals surface area contributed by atoms with Crippen molar-refractivity contribution in [3.63, 3.8) is 0 Å². The monoisotopic (exact) mass is 310 g/mol. The van der Waals surface area contributed by atoms with Crippen molar-refractivity contribution in [3.8, 4) is 0 Å². The lowest BCUT2D eigenvalue weighted by atomic mass is 9.93. The van der Waals surface area contributed by atoms with Crippen LogP contribution in [0.5, 0.6) is 0 Å². The summed E-state index contributed by atoms with van der Waals surface area (Å²) in [7, 11) is 0. The normalized spacial score (nSPS) is 21.6. The number of likely N-dealkylation sites (tertiary alicyclic amines) is 1. The van der Waals surface area contributed by atoms with Gasteiger partial charge in [0.25, 0.3) is 5.56 Å². The summed E-state index contributed by atoms with van der Waals surface area (Å²) in [6, 6.07) is 9.44. The van der Waals surface area contributed by atoms with Crippen LogP contribution in [0.15, 0.2) is 41.3 Å². The smallest absolute Gasteiger partial charge is 0.258 e. The molecule has 0 radical (unpaired) electrons. The van der Waals surface area contributed by atoms with Gasteiger partial charge in [-0.2, -0.15) is 0 Å². The summed E-state index contributed by atoms with van der Waals surface area (Å²) in [5.41, 5.74) is -0.0767. The van der Waals surface area contributed by atoms with Gasteiger partial charge in [0, 0.05) is 24.7 Å². The topological polar surface area (TPSA) is 42.3 Å². The van der Waals surface area contributed by atoms with Crippen LogP contribution in [-0.4, -0.2) is 28.5 Å². The summed E-state index contributed by atoms with van der Waals surface area (Å²) in [4.78, 5) is 27.1. The molecule has 1 aromatic heterocycles. The molecule has 2 fully saturated rings. The van der Waals surface area contributed by atoms with E-state index in [0.717, 1.165) is 30.8 Å². The number of aromatic nitrogens is 1. The number of rotatable bonds is 3. The molecule has 0 N–H and O–H groups in total. The van der Waals surface area contributed by atoms with Crippen molar-refractivity contribution in [1.82, 2.24) is 9.47 Å². The van der Waals surface area contributed by atoms with Gasteiger partial charge in [-0.15, -0.1) is 0 Å². The molecule has 23 heavy (non-hydrogen) atoms. The van der Waals surface area contributed by atoms with Crippen molar-refractivity contribution in [1.29, 1.82) is 0 Å². The van der Waals surface area contributed by atoms with Gasteiger partial charge >= 0.3 is 0 Å². The van der Waals surface area contributed by atoms with E-state index in [4.69, 9.17) is 0 Å². The molecule has 0 bridgehead atoms. The predicted octanol–water partition coefficient (Wildman–Crippen LogP) is 2.65. The number of pyridine rings is 1. The van der Waals surface area contributed by atoms with E-state index in [2.05, 4.69) is 0 Å². The highest BCUT2D eigenvalue weighted by molar-refractivity contribution is 5.82. The van der Waals surface area contributed by atoms with Crippen LogP contribution in [0.4, 0.5) is 0 Å². The molecule has 1 aliphatic carbocycles. The number of nitrogens with zero attached hydrogens (tertiary/aromatic N) is 2. The van der Waals surface area contributed by atoms with Crippen LogP contribution in [0.1, 0.15) is 25.7 Å². The molecule has 4 heteroatoms. The highest BCUT2D eigenvalue weighted by Crippen LogP contribution is 2.40. The zero-order valence-electron chi connectivity index (χ0n) is 13.3. The first-order chi connectivity index (χ1) is 11.2. The minimum atomic E-state index is -0.0767. The van der Waals surface area contributed by atoms with Gasteiger partial charge in [0.05, 0.1) is 0 Å². The van der Waals surface area contributed by atoms with E-state index in [-0.39, 0.29) is 18.0 Å². The molecule has 1 saturated carbocycles. The van der Waals surface area contributed by atoms with Gasteiger partial charge in [-0.05, 0) is 55.0 Å². The van der Waals surface area contributed by atoms with Crippen molar-refractivity contribution < 1.29 is 4.79 Å². The summed E-state index contributed by atoms with van der Waals surface area (Å²) in [6.07, 6.45) is 6.75. The molecule has 4 nitrogen and oxygen atoms in total. The molecule has 1 amide bonds. The van der Waals surface area contributed by atoms with Crippen molar-refractivity contribution in [2.45, 2.75) is 32.2 Å². The van der Waals surface area contributed by atoms with Crippen LogP contribution in [-0.2, 0) is 11.3 Å². The van der Waals surface area contributed by atoms with Crippen LogP contribution < -0.4 is 5.56 Å². The maximum Gasteiger partial charge on any atom is 0.258 e. The van der Waals surface area contributed by atoms with Gasteiger partial charge in [-0.1, -0.05) is 18.2 Å². The number of piperidine rings is 1. The van der Waals surface area contributed by atoms with Gasteiger partial charge in [-0.25, -0.2) is 0 Å². The van der Waals surface area contributed by atoms with Gasteiger partial charge in [-0.3, -0.25) is 9.59 Å². The largest absolute Gasteiger partial charge is 0.341 e. The zero-order chi connectivity index (χ0) is 15.8. The molecule has 2 aromatic rings. The molecule has 4 rings (SSSR count). The summed E-state index contributed by atoms with van der Waals surface area (Å²) >= 11 is 0. The summed E-state index contributed by atoms with van der Waals surface area (Å²) < 4.78 is 1.55. The lowest BCUT2D eigenvalue weighted by Gasteiger charge is -2.33. The zero-order valence-corrected chi connectivity index (χ0v) is 13.3. The SMILES string of the molecule is O=C(Cn1ccc2ccccc2c1=O)N1CCC[C@H](C2CC2)C1. The van der Waals surface area contributed by atoms with Crippen molar-refractivity contribution in [2.75, 3.05) is 13.1 Å². The molecular formula is C19H22N2O2.